The van der Waals surface area contributed by atoms with Crippen LogP contribution in [0.5, 0.6) is 0 Å². The summed E-state index contributed by atoms with van der Waals surface area (Å²) in [7, 11) is 0. The summed E-state index contributed by atoms with van der Waals surface area (Å²) in [5.41, 5.74) is -0.864. The van der Waals surface area contributed by atoms with Crippen molar-refractivity contribution in [2.45, 2.75) is 18.9 Å². The van der Waals surface area contributed by atoms with Crippen LogP contribution < -0.4 is 0 Å². The minimum absolute atomic E-state index is 0.128. The molecule has 13 heavy (non-hydrogen) atoms. The van der Waals surface area contributed by atoms with Crippen molar-refractivity contribution in [3.8, 4) is 0 Å². The summed E-state index contributed by atoms with van der Waals surface area (Å²) >= 11 is 0. The van der Waals surface area contributed by atoms with Gasteiger partial charge < -0.3 is 10.2 Å². The Morgan fingerprint density at radius 3 is 2.38 bits per heavy atom. The van der Waals surface area contributed by atoms with E-state index in [-0.39, 0.29) is 6.42 Å². The van der Waals surface area contributed by atoms with E-state index in [1.165, 1.54) is 6.92 Å². The van der Waals surface area contributed by atoms with E-state index in [1.807, 2.05) is 18.2 Å². The molecule has 0 aromatic heterocycles. The Kier molecular flexibility index (Phi) is 2.68. The van der Waals surface area contributed by atoms with Gasteiger partial charge in [0.2, 0.25) is 0 Å². The molecule has 0 aliphatic carbocycles. The van der Waals surface area contributed by atoms with Gasteiger partial charge in [-0.3, -0.25) is 0 Å². The van der Waals surface area contributed by atoms with Crippen molar-refractivity contribution >= 4 is 5.97 Å². The molecular formula is C10H12O3. The molecule has 70 valence electrons. The van der Waals surface area contributed by atoms with Crippen LogP contribution in [0.25, 0.3) is 0 Å². The van der Waals surface area contributed by atoms with E-state index in [1.54, 1.807) is 12.1 Å². The van der Waals surface area contributed by atoms with Crippen molar-refractivity contribution in [1.82, 2.24) is 0 Å². The van der Waals surface area contributed by atoms with Gasteiger partial charge in [-0.15, -0.1) is 0 Å². The topological polar surface area (TPSA) is 57.5 Å². The number of hydrogen-bond donors (Lipinski definition) is 2. The molecule has 0 fully saturated rings. The maximum Gasteiger partial charge on any atom is 0.335 e. The molecule has 2 N–H and O–H groups in total. The van der Waals surface area contributed by atoms with Crippen LogP contribution in [0.15, 0.2) is 30.3 Å². The SMILES string of the molecule is C[C@@](O)(Cc1ccccc1)C(=O)O. The highest BCUT2D eigenvalue weighted by atomic mass is 16.4. The van der Waals surface area contributed by atoms with Crippen LogP contribution in [-0.4, -0.2) is 21.8 Å². The first kappa shape index (κ1) is 9.74. The Morgan fingerprint density at radius 2 is 1.92 bits per heavy atom. The molecule has 1 atom stereocenters. The first-order valence-electron chi connectivity index (χ1n) is 4.02. The van der Waals surface area contributed by atoms with Crippen LogP contribution >= 0.6 is 0 Å². The minimum Gasteiger partial charge on any atom is -0.479 e. The minimum atomic E-state index is -1.68. The highest BCUT2D eigenvalue weighted by molar-refractivity contribution is 5.76. The lowest BCUT2D eigenvalue weighted by Gasteiger charge is -2.17. The van der Waals surface area contributed by atoms with Gasteiger partial charge in [0.1, 0.15) is 0 Å². The Labute approximate surface area is 76.6 Å². The molecule has 0 spiro atoms. The lowest BCUT2D eigenvalue weighted by atomic mass is 9.97. The number of rotatable bonds is 3. The summed E-state index contributed by atoms with van der Waals surface area (Å²) in [5, 5.41) is 18.1. The van der Waals surface area contributed by atoms with Crippen molar-refractivity contribution in [2.75, 3.05) is 0 Å². The normalized spacial score (nSPS) is 14.9. The number of benzene rings is 1. The van der Waals surface area contributed by atoms with Gasteiger partial charge in [-0.25, -0.2) is 4.79 Å². The fourth-order valence-electron chi connectivity index (χ4n) is 1.07. The van der Waals surface area contributed by atoms with Gasteiger partial charge in [-0.05, 0) is 12.5 Å². The van der Waals surface area contributed by atoms with Gasteiger partial charge in [0, 0.05) is 6.42 Å². The lowest BCUT2D eigenvalue weighted by molar-refractivity contribution is -0.156. The molecule has 0 aliphatic rings. The number of hydrogen-bond acceptors (Lipinski definition) is 2. The van der Waals surface area contributed by atoms with Crippen LogP contribution in [0.3, 0.4) is 0 Å². The third kappa shape index (κ3) is 2.56. The molecule has 0 bridgehead atoms. The zero-order chi connectivity index (χ0) is 9.90. The van der Waals surface area contributed by atoms with E-state index < -0.39 is 11.6 Å². The molecular weight excluding hydrogens is 168 g/mol. The van der Waals surface area contributed by atoms with Crippen molar-refractivity contribution in [3.05, 3.63) is 35.9 Å². The number of carbonyl (C=O) groups is 1. The third-order valence-electron chi connectivity index (χ3n) is 1.85. The summed E-state index contributed by atoms with van der Waals surface area (Å²) in [4.78, 5) is 10.6. The fourth-order valence-corrected chi connectivity index (χ4v) is 1.07. The molecule has 0 heterocycles. The first-order valence-corrected chi connectivity index (χ1v) is 4.02. The van der Waals surface area contributed by atoms with Crippen LogP contribution in [0.4, 0.5) is 0 Å². The summed E-state index contributed by atoms with van der Waals surface area (Å²) in [5.74, 6) is -1.20. The molecule has 0 saturated carbocycles. The van der Waals surface area contributed by atoms with Crippen LogP contribution in [0, 0.1) is 0 Å². The van der Waals surface area contributed by atoms with E-state index in [0.29, 0.717) is 0 Å². The van der Waals surface area contributed by atoms with Crippen molar-refractivity contribution in [1.29, 1.82) is 0 Å². The molecule has 0 saturated heterocycles. The zero-order valence-electron chi connectivity index (χ0n) is 7.40. The molecule has 0 aliphatic heterocycles. The van der Waals surface area contributed by atoms with Crippen molar-refractivity contribution in [2.24, 2.45) is 0 Å². The van der Waals surface area contributed by atoms with E-state index in [9.17, 15) is 9.90 Å². The van der Waals surface area contributed by atoms with E-state index in [4.69, 9.17) is 5.11 Å². The van der Waals surface area contributed by atoms with Gasteiger partial charge >= 0.3 is 5.97 Å². The second-order valence-corrected chi connectivity index (χ2v) is 3.24. The molecule has 0 amide bonds. The molecule has 1 rings (SSSR count). The van der Waals surface area contributed by atoms with E-state index in [2.05, 4.69) is 0 Å². The summed E-state index contributed by atoms with van der Waals surface area (Å²) in [6, 6.07) is 9.05. The summed E-state index contributed by atoms with van der Waals surface area (Å²) in [6.45, 7) is 1.29. The molecule has 1 aromatic carbocycles. The van der Waals surface area contributed by atoms with Crippen LogP contribution in [-0.2, 0) is 11.2 Å². The highest BCUT2D eigenvalue weighted by Gasteiger charge is 2.29. The Morgan fingerprint density at radius 1 is 1.38 bits per heavy atom. The number of aliphatic carboxylic acids is 1. The van der Waals surface area contributed by atoms with Crippen molar-refractivity contribution < 1.29 is 15.0 Å². The average molecular weight is 180 g/mol. The predicted octanol–water partition coefficient (Wildman–Crippen LogP) is 1.06. The van der Waals surface area contributed by atoms with Gasteiger partial charge in [0.15, 0.2) is 5.60 Å². The second-order valence-electron chi connectivity index (χ2n) is 3.24. The molecule has 3 nitrogen and oxygen atoms in total. The second kappa shape index (κ2) is 3.58. The Bertz CT molecular complexity index is 290. The smallest absolute Gasteiger partial charge is 0.335 e. The standard InChI is InChI=1S/C10H12O3/c1-10(13,9(11)12)7-8-5-3-2-4-6-8/h2-6,13H,7H2,1H3,(H,11,12)/t10-/m1/s1. The monoisotopic (exact) mass is 180 g/mol. The number of carboxylic acid groups (broad SMARTS) is 1. The van der Waals surface area contributed by atoms with Crippen molar-refractivity contribution in [3.63, 3.8) is 0 Å². The van der Waals surface area contributed by atoms with E-state index >= 15 is 0 Å². The van der Waals surface area contributed by atoms with Gasteiger partial charge in [-0.1, -0.05) is 30.3 Å². The highest BCUT2D eigenvalue weighted by Crippen LogP contribution is 2.12. The lowest BCUT2D eigenvalue weighted by Crippen LogP contribution is -2.37. The quantitative estimate of drug-likeness (QED) is 0.731. The van der Waals surface area contributed by atoms with Gasteiger partial charge in [0.25, 0.3) is 0 Å². The summed E-state index contributed by atoms with van der Waals surface area (Å²) < 4.78 is 0. The molecule has 3 heteroatoms. The largest absolute Gasteiger partial charge is 0.479 e. The van der Waals surface area contributed by atoms with Crippen LogP contribution in [0.1, 0.15) is 12.5 Å². The maximum atomic E-state index is 10.6. The third-order valence-corrected chi connectivity index (χ3v) is 1.85. The predicted molar refractivity (Wildman–Crippen MR) is 48.4 cm³/mol. The average Bonchev–Trinajstić information content (AvgIpc) is 2.05. The molecule has 0 unspecified atom stereocenters. The number of carboxylic acids is 1. The Balaban J connectivity index is 2.75. The maximum absolute atomic E-state index is 10.6. The van der Waals surface area contributed by atoms with Gasteiger partial charge in [-0.2, -0.15) is 0 Å². The van der Waals surface area contributed by atoms with E-state index in [0.717, 1.165) is 5.56 Å². The fraction of sp³-hybridized carbons (Fsp3) is 0.300. The number of aliphatic hydroxyl groups is 1. The Hall–Kier alpha value is -1.35. The first-order chi connectivity index (χ1) is 6.02. The molecule has 1 aromatic rings. The van der Waals surface area contributed by atoms with Crippen LogP contribution in [0.2, 0.25) is 0 Å². The summed E-state index contributed by atoms with van der Waals surface area (Å²) in [6.07, 6.45) is 0.128. The van der Waals surface area contributed by atoms with Gasteiger partial charge in [0.05, 0.1) is 0 Å². The zero-order valence-corrected chi connectivity index (χ0v) is 7.40. The molecule has 0 radical (unpaired) electrons.